The summed E-state index contributed by atoms with van der Waals surface area (Å²) in [4.78, 5) is 0. The molecular formula is C12H20O4S. The molecule has 2 unspecified atom stereocenters. The van der Waals surface area contributed by atoms with Gasteiger partial charge in [-0.25, -0.2) is 0 Å². The Balaban J connectivity index is 1.70. The van der Waals surface area contributed by atoms with Crippen LogP contribution in [0.4, 0.5) is 0 Å². The van der Waals surface area contributed by atoms with Crippen LogP contribution in [0, 0.1) is 0 Å². The standard InChI is InChI=1S/C12H20O4S/c1-11(2)13-5-7(14-11)10-9-8(6-17-10)15-12(3,4)16-9/h7-10H,5-6H2,1-4H3/t7?,8-,9?,10-/m0/s1. The van der Waals surface area contributed by atoms with Gasteiger partial charge in [0.15, 0.2) is 11.6 Å². The molecule has 0 aromatic carbocycles. The van der Waals surface area contributed by atoms with Crippen molar-refractivity contribution in [3.8, 4) is 0 Å². The fourth-order valence-corrected chi connectivity index (χ4v) is 4.21. The highest BCUT2D eigenvalue weighted by atomic mass is 32.2. The van der Waals surface area contributed by atoms with Gasteiger partial charge in [0.2, 0.25) is 0 Å². The van der Waals surface area contributed by atoms with Crippen LogP contribution in [0.25, 0.3) is 0 Å². The SMILES string of the molecule is CC1(C)OCC([C@@H]2SC[C@@H]3OC(C)(C)OC23)O1. The van der Waals surface area contributed by atoms with Gasteiger partial charge in [0.25, 0.3) is 0 Å². The minimum Gasteiger partial charge on any atom is -0.348 e. The Morgan fingerprint density at radius 3 is 2.29 bits per heavy atom. The van der Waals surface area contributed by atoms with E-state index in [-0.39, 0.29) is 18.3 Å². The van der Waals surface area contributed by atoms with Crippen LogP contribution in [0.15, 0.2) is 0 Å². The van der Waals surface area contributed by atoms with E-state index in [0.717, 1.165) is 5.75 Å². The van der Waals surface area contributed by atoms with Crippen molar-refractivity contribution in [2.75, 3.05) is 12.4 Å². The second-order valence-electron chi connectivity index (χ2n) is 5.80. The van der Waals surface area contributed by atoms with Gasteiger partial charge in [-0.05, 0) is 27.7 Å². The van der Waals surface area contributed by atoms with E-state index >= 15 is 0 Å². The lowest BCUT2D eigenvalue weighted by molar-refractivity contribution is -0.154. The first-order valence-corrected chi connectivity index (χ1v) is 7.20. The van der Waals surface area contributed by atoms with Gasteiger partial charge in [0.1, 0.15) is 6.10 Å². The van der Waals surface area contributed by atoms with Gasteiger partial charge in [0, 0.05) is 5.75 Å². The minimum atomic E-state index is -0.460. The third-order valence-corrected chi connectivity index (χ3v) is 4.87. The van der Waals surface area contributed by atoms with Gasteiger partial charge in [-0.15, -0.1) is 0 Å². The van der Waals surface area contributed by atoms with Crippen LogP contribution in [-0.2, 0) is 18.9 Å². The number of hydrogen-bond acceptors (Lipinski definition) is 5. The molecule has 98 valence electrons. The largest absolute Gasteiger partial charge is 0.348 e. The first-order chi connectivity index (χ1) is 7.86. The molecular weight excluding hydrogens is 240 g/mol. The average molecular weight is 260 g/mol. The summed E-state index contributed by atoms with van der Waals surface area (Å²) in [5.74, 6) is 0.0703. The molecule has 3 aliphatic heterocycles. The van der Waals surface area contributed by atoms with Crippen molar-refractivity contribution >= 4 is 11.8 Å². The Kier molecular flexibility index (Phi) is 2.76. The van der Waals surface area contributed by atoms with E-state index < -0.39 is 11.6 Å². The van der Waals surface area contributed by atoms with Crippen molar-refractivity contribution < 1.29 is 18.9 Å². The highest BCUT2D eigenvalue weighted by Gasteiger charge is 2.54. The Labute approximate surface area is 106 Å². The fourth-order valence-electron chi connectivity index (χ4n) is 2.77. The summed E-state index contributed by atoms with van der Waals surface area (Å²) in [6.07, 6.45) is 0.451. The molecule has 0 bridgehead atoms. The predicted octanol–water partition coefficient (Wildman–Crippen LogP) is 1.77. The molecule has 3 saturated heterocycles. The Bertz CT molecular complexity index is 318. The van der Waals surface area contributed by atoms with Crippen LogP contribution in [0.5, 0.6) is 0 Å². The van der Waals surface area contributed by atoms with E-state index in [2.05, 4.69) is 0 Å². The number of rotatable bonds is 1. The molecule has 0 saturated carbocycles. The van der Waals surface area contributed by atoms with Crippen LogP contribution in [-0.4, -0.2) is 47.5 Å². The summed E-state index contributed by atoms with van der Waals surface area (Å²) >= 11 is 1.88. The van der Waals surface area contributed by atoms with Gasteiger partial charge in [-0.1, -0.05) is 0 Å². The van der Waals surface area contributed by atoms with Gasteiger partial charge >= 0.3 is 0 Å². The molecule has 4 atom stereocenters. The third-order valence-electron chi connectivity index (χ3n) is 3.40. The van der Waals surface area contributed by atoms with Crippen LogP contribution in [0.2, 0.25) is 0 Å². The van der Waals surface area contributed by atoms with Gasteiger partial charge in [-0.3, -0.25) is 0 Å². The molecule has 5 heteroatoms. The van der Waals surface area contributed by atoms with E-state index in [0.29, 0.717) is 11.9 Å². The van der Waals surface area contributed by atoms with Gasteiger partial charge in [0.05, 0.1) is 24.1 Å². The van der Waals surface area contributed by atoms with Crippen LogP contribution < -0.4 is 0 Å². The van der Waals surface area contributed by atoms with E-state index in [1.807, 2.05) is 39.5 Å². The van der Waals surface area contributed by atoms with E-state index in [4.69, 9.17) is 18.9 Å². The smallest absolute Gasteiger partial charge is 0.163 e. The molecule has 3 heterocycles. The molecule has 0 radical (unpaired) electrons. The maximum Gasteiger partial charge on any atom is 0.163 e. The normalized spacial score (nSPS) is 47.3. The van der Waals surface area contributed by atoms with Crippen molar-refractivity contribution in [1.29, 1.82) is 0 Å². The fraction of sp³-hybridized carbons (Fsp3) is 1.00. The lowest BCUT2D eigenvalue weighted by atomic mass is 10.1. The van der Waals surface area contributed by atoms with Crippen LogP contribution in [0.1, 0.15) is 27.7 Å². The van der Waals surface area contributed by atoms with E-state index in [1.165, 1.54) is 0 Å². The summed E-state index contributed by atoms with van der Waals surface area (Å²) in [5, 5.41) is 0.323. The second-order valence-corrected chi connectivity index (χ2v) is 7.01. The number of hydrogen-bond donors (Lipinski definition) is 0. The van der Waals surface area contributed by atoms with Crippen LogP contribution >= 0.6 is 11.8 Å². The third kappa shape index (κ3) is 2.24. The molecule has 3 rings (SSSR count). The number of ether oxygens (including phenoxy) is 4. The topological polar surface area (TPSA) is 36.9 Å². The number of thioether (sulfide) groups is 1. The van der Waals surface area contributed by atoms with E-state index in [1.54, 1.807) is 0 Å². The summed E-state index contributed by atoms with van der Waals surface area (Å²) in [6, 6.07) is 0. The monoisotopic (exact) mass is 260 g/mol. The molecule has 0 aromatic rings. The van der Waals surface area contributed by atoms with Crippen molar-refractivity contribution in [1.82, 2.24) is 0 Å². The predicted molar refractivity (Wildman–Crippen MR) is 65.0 cm³/mol. The summed E-state index contributed by atoms with van der Waals surface area (Å²) in [6.45, 7) is 8.52. The molecule has 3 aliphatic rings. The summed E-state index contributed by atoms with van der Waals surface area (Å²) < 4.78 is 23.4. The zero-order valence-corrected chi connectivity index (χ0v) is 11.6. The molecule has 0 amide bonds. The lowest BCUT2D eigenvalue weighted by Gasteiger charge is -2.25. The van der Waals surface area contributed by atoms with Crippen molar-refractivity contribution in [2.24, 2.45) is 0 Å². The van der Waals surface area contributed by atoms with Gasteiger partial charge in [-0.2, -0.15) is 11.8 Å². The zero-order valence-electron chi connectivity index (χ0n) is 10.8. The summed E-state index contributed by atoms with van der Waals surface area (Å²) in [5.41, 5.74) is 0. The van der Waals surface area contributed by atoms with Gasteiger partial charge < -0.3 is 18.9 Å². The quantitative estimate of drug-likeness (QED) is 0.718. The maximum atomic E-state index is 5.99. The van der Waals surface area contributed by atoms with Crippen molar-refractivity contribution in [2.45, 2.75) is 62.8 Å². The second kappa shape index (κ2) is 3.84. The van der Waals surface area contributed by atoms with E-state index in [9.17, 15) is 0 Å². The molecule has 3 fully saturated rings. The molecule has 0 aliphatic carbocycles. The first-order valence-electron chi connectivity index (χ1n) is 6.15. The molecule has 0 spiro atoms. The Hall–Kier alpha value is 0.190. The molecule has 17 heavy (non-hydrogen) atoms. The van der Waals surface area contributed by atoms with Crippen molar-refractivity contribution in [3.05, 3.63) is 0 Å². The lowest BCUT2D eigenvalue weighted by Crippen LogP contribution is -2.38. The van der Waals surface area contributed by atoms with Crippen molar-refractivity contribution in [3.63, 3.8) is 0 Å². The average Bonchev–Trinajstić information content (AvgIpc) is 2.77. The summed E-state index contributed by atoms with van der Waals surface area (Å²) in [7, 11) is 0. The van der Waals surface area contributed by atoms with Crippen LogP contribution in [0.3, 0.4) is 0 Å². The maximum absolute atomic E-state index is 5.99. The Morgan fingerprint density at radius 1 is 0.941 bits per heavy atom. The Morgan fingerprint density at radius 2 is 1.65 bits per heavy atom. The zero-order chi connectivity index (χ0) is 12.3. The number of fused-ring (bicyclic) bond motifs is 1. The molecule has 0 N–H and O–H groups in total. The molecule has 0 aromatic heterocycles. The first kappa shape index (κ1) is 12.2. The minimum absolute atomic E-state index is 0.113. The molecule has 4 nitrogen and oxygen atoms in total. The highest BCUT2D eigenvalue weighted by Crippen LogP contribution is 2.44. The highest BCUT2D eigenvalue weighted by molar-refractivity contribution is 8.00.